The van der Waals surface area contributed by atoms with Gasteiger partial charge in [0.2, 0.25) is 0 Å². The van der Waals surface area contributed by atoms with Crippen LogP contribution in [0.1, 0.15) is 6.92 Å². The van der Waals surface area contributed by atoms with Crippen molar-refractivity contribution in [1.29, 1.82) is 0 Å². The van der Waals surface area contributed by atoms with Crippen molar-refractivity contribution in [2.45, 2.75) is 25.6 Å². The molecule has 1 aromatic rings. The van der Waals surface area contributed by atoms with Gasteiger partial charge in [-0.15, -0.1) is 0 Å². The van der Waals surface area contributed by atoms with Gasteiger partial charge in [0.25, 0.3) is 0 Å². The highest BCUT2D eigenvalue weighted by atomic mass is 16.4. The van der Waals surface area contributed by atoms with Crippen LogP contribution in [0.15, 0.2) is 18.5 Å². The number of nitrogens with one attached hydrogen (secondary N) is 1. The van der Waals surface area contributed by atoms with Crippen molar-refractivity contribution in [1.82, 2.24) is 15.1 Å². The minimum atomic E-state index is -0.992. The van der Waals surface area contributed by atoms with E-state index in [1.807, 2.05) is 19.2 Å². The lowest BCUT2D eigenvalue weighted by atomic mass is 10.2. The molecule has 0 aromatic carbocycles. The van der Waals surface area contributed by atoms with Crippen molar-refractivity contribution < 1.29 is 9.90 Å². The SMILES string of the molecule is CC(Cn1cccn1)NCC(N)C(=O)O. The average Bonchev–Trinajstić information content (AvgIpc) is 2.66. The number of rotatable bonds is 6. The van der Waals surface area contributed by atoms with E-state index in [0.29, 0.717) is 6.54 Å². The van der Waals surface area contributed by atoms with E-state index in [1.54, 1.807) is 10.9 Å². The summed E-state index contributed by atoms with van der Waals surface area (Å²) in [4.78, 5) is 10.4. The van der Waals surface area contributed by atoms with E-state index in [2.05, 4.69) is 10.4 Å². The van der Waals surface area contributed by atoms with Crippen LogP contribution >= 0.6 is 0 Å². The number of carboxylic acids is 1. The van der Waals surface area contributed by atoms with Gasteiger partial charge in [0, 0.05) is 25.0 Å². The summed E-state index contributed by atoms with van der Waals surface area (Å²) < 4.78 is 1.78. The summed E-state index contributed by atoms with van der Waals surface area (Å²) in [5.41, 5.74) is 5.35. The summed E-state index contributed by atoms with van der Waals surface area (Å²) >= 11 is 0. The Bertz CT molecular complexity index is 299. The number of carboxylic acid groups (broad SMARTS) is 1. The fourth-order valence-corrected chi connectivity index (χ4v) is 1.17. The van der Waals surface area contributed by atoms with Crippen molar-refractivity contribution in [2.24, 2.45) is 5.73 Å². The zero-order valence-electron chi connectivity index (χ0n) is 8.63. The van der Waals surface area contributed by atoms with Crippen molar-refractivity contribution >= 4 is 5.97 Å². The minimum Gasteiger partial charge on any atom is -0.480 e. The third-order valence-electron chi connectivity index (χ3n) is 2.02. The number of aliphatic carboxylic acids is 1. The van der Waals surface area contributed by atoms with Crippen molar-refractivity contribution in [3.8, 4) is 0 Å². The number of nitrogens with zero attached hydrogens (tertiary/aromatic N) is 2. The average molecular weight is 212 g/mol. The second kappa shape index (κ2) is 5.47. The van der Waals surface area contributed by atoms with Gasteiger partial charge in [0.15, 0.2) is 0 Å². The van der Waals surface area contributed by atoms with Gasteiger partial charge >= 0.3 is 5.97 Å². The van der Waals surface area contributed by atoms with Gasteiger partial charge in [-0.2, -0.15) is 5.10 Å². The number of hydrogen-bond donors (Lipinski definition) is 3. The molecular formula is C9H16N4O2. The molecule has 2 unspecified atom stereocenters. The van der Waals surface area contributed by atoms with Crippen LogP contribution in [0.3, 0.4) is 0 Å². The second-order valence-corrected chi connectivity index (χ2v) is 3.48. The van der Waals surface area contributed by atoms with E-state index >= 15 is 0 Å². The Morgan fingerprint density at radius 1 is 1.73 bits per heavy atom. The summed E-state index contributed by atoms with van der Waals surface area (Å²) in [5.74, 6) is -0.992. The standard InChI is InChI=1S/C9H16N4O2/c1-7(6-13-4-2-3-12-13)11-5-8(10)9(14)15/h2-4,7-8,11H,5-6,10H2,1H3,(H,14,15). The molecule has 0 saturated heterocycles. The van der Waals surface area contributed by atoms with E-state index in [4.69, 9.17) is 10.8 Å². The highest BCUT2D eigenvalue weighted by Crippen LogP contribution is 1.90. The highest BCUT2D eigenvalue weighted by Gasteiger charge is 2.12. The Hall–Kier alpha value is -1.40. The first-order chi connectivity index (χ1) is 7.09. The molecule has 6 heteroatoms. The summed E-state index contributed by atoms with van der Waals surface area (Å²) in [6.45, 7) is 2.91. The first-order valence-electron chi connectivity index (χ1n) is 4.79. The molecule has 1 heterocycles. The summed E-state index contributed by atoms with van der Waals surface area (Å²) in [6, 6.07) is 1.12. The summed E-state index contributed by atoms with van der Waals surface area (Å²) in [6.07, 6.45) is 3.56. The maximum Gasteiger partial charge on any atom is 0.321 e. The number of nitrogens with two attached hydrogens (primary N) is 1. The first kappa shape index (κ1) is 11.7. The lowest BCUT2D eigenvalue weighted by Crippen LogP contribution is -2.44. The second-order valence-electron chi connectivity index (χ2n) is 3.48. The molecule has 0 aliphatic rings. The Morgan fingerprint density at radius 2 is 2.47 bits per heavy atom. The number of carbonyl (C=O) groups is 1. The third kappa shape index (κ3) is 4.09. The van der Waals surface area contributed by atoms with Gasteiger partial charge in [0.1, 0.15) is 6.04 Å². The number of aromatic nitrogens is 2. The van der Waals surface area contributed by atoms with Crippen LogP contribution < -0.4 is 11.1 Å². The molecule has 0 saturated carbocycles. The smallest absolute Gasteiger partial charge is 0.321 e. The lowest BCUT2D eigenvalue weighted by Gasteiger charge is -2.15. The predicted molar refractivity (Wildman–Crippen MR) is 55.3 cm³/mol. The molecule has 1 aromatic heterocycles. The molecule has 0 radical (unpaired) electrons. The molecule has 2 atom stereocenters. The van der Waals surface area contributed by atoms with Crippen LogP contribution in [0.25, 0.3) is 0 Å². The molecule has 0 fully saturated rings. The molecule has 6 nitrogen and oxygen atoms in total. The fraction of sp³-hybridized carbons (Fsp3) is 0.556. The number of hydrogen-bond acceptors (Lipinski definition) is 4. The van der Waals surface area contributed by atoms with Crippen LogP contribution in [0.5, 0.6) is 0 Å². The molecular weight excluding hydrogens is 196 g/mol. The summed E-state index contributed by atoms with van der Waals surface area (Å²) in [7, 11) is 0. The molecule has 0 amide bonds. The van der Waals surface area contributed by atoms with Crippen LogP contribution in [0.4, 0.5) is 0 Å². The third-order valence-corrected chi connectivity index (χ3v) is 2.02. The van der Waals surface area contributed by atoms with Gasteiger partial charge < -0.3 is 16.2 Å². The van der Waals surface area contributed by atoms with E-state index in [0.717, 1.165) is 0 Å². The molecule has 1 rings (SSSR count). The van der Waals surface area contributed by atoms with Gasteiger partial charge in [-0.3, -0.25) is 9.48 Å². The highest BCUT2D eigenvalue weighted by molar-refractivity contribution is 5.73. The zero-order chi connectivity index (χ0) is 11.3. The lowest BCUT2D eigenvalue weighted by molar-refractivity contribution is -0.138. The van der Waals surface area contributed by atoms with Crippen LogP contribution in [-0.2, 0) is 11.3 Å². The van der Waals surface area contributed by atoms with E-state index in [1.165, 1.54) is 0 Å². The molecule has 84 valence electrons. The van der Waals surface area contributed by atoms with Crippen LogP contribution in [0, 0.1) is 0 Å². The molecule has 15 heavy (non-hydrogen) atoms. The largest absolute Gasteiger partial charge is 0.480 e. The van der Waals surface area contributed by atoms with E-state index < -0.39 is 12.0 Å². The minimum absolute atomic E-state index is 0.135. The Labute approximate surface area is 88.1 Å². The molecule has 0 aliphatic carbocycles. The Morgan fingerprint density at radius 3 is 3.00 bits per heavy atom. The quantitative estimate of drug-likeness (QED) is 0.578. The molecule has 4 N–H and O–H groups in total. The topological polar surface area (TPSA) is 93.2 Å². The van der Waals surface area contributed by atoms with Crippen LogP contribution in [0.2, 0.25) is 0 Å². The van der Waals surface area contributed by atoms with Gasteiger partial charge in [-0.1, -0.05) is 0 Å². The van der Waals surface area contributed by atoms with Crippen molar-refractivity contribution in [3.05, 3.63) is 18.5 Å². The zero-order valence-corrected chi connectivity index (χ0v) is 8.63. The summed E-state index contributed by atoms with van der Waals surface area (Å²) in [5, 5.41) is 15.7. The van der Waals surface area contributed by atoms with Crippen LogP contribution in [-0.4, -0.2) is 39.5 Å². The molecule has 0 aliphatic heterocycles. The first-order valence-corrected chi connectivity index (χ1v) is 4.79. The maximum absolute atomic E-state index is 10.4. The predicted octanol–water partition coefficient (Wildman–Crippen LogP) is -0.727. The normalized spacial score (nSPS) is 14.8. The van der Waals surface area contributed by atoms with Crippen molar-refractivity contribution in [3.63, 3.8) is 0 Å². The monoisotopic (exact) mass is 212 g/mol. The molecule has 0 bridgehead atoms. The Balaban J connectivity index is 2.25. The fourth-order valence-electron chi connectivity index (χ4n) is 1.17. The molecule has 0 spiro atoms. The van der Waals surface area contributed by atoms with E-state index in [-0.39, 0.29) is 12.6 Å². The van der Waals surface area contributed by atoms with Gasteiger partial charge in [-0.05, 0) is 13.0 Å². The van der Waals surface area contributed by atoms with Crippen molar-refractivity contribution in [2.75, 3.05) is 6.54 Å². The van der Waals surface area contributed by atoms with Gasteiger partial charge in [0.05, 0.1) is 6.54 Å². The van der Waals surface area contributed by atoms with Gasteiger partial charge in [-0.25, -0.2) is 0 Å². The Kier molecular flexibility index (Phi) is 4.26. The maximum atomic E-state index is 10.4. The van der Waals surface area contributed by atoms with E-state index in [9.17, 15) is 4.79 Å².